The van der Waals surface area contributed by atoms with Gasteiger partial charge < -0.3 is 21.7 Å². The van der Waals surface area contributed by atoms with E-state index in [4.69, 9.17) is 0 Å². The van der Waals surface area contributed by atoms with Gasteiger partial charge in [-0.1, -0.05) is 24.3 Å². The van der Waals surface area contributed by atoms with Crippen molar-refractivity contribution in [3.63, 3.8) is 0 Å². The zero-order valence-corrected chi connectivity index (χ0v) is 17.2. The van der Waals surface area contributed by atoms with E-state index in [0.29, 0.717) is 5.54 Å². The first kappa shape index (κ1) is 28.1. The standard InChI is InChI=1S/C10H19N.C9H17N.3H2O/c1-9(2)7-6-8-10(3,4)11(9)5;1-8(2)6-5-7-9(3,4)10-8;;;/h6-7H,8H2,1-5H3;5-6,10H,7H2,1-4H3;3*1H2. The normalized spacial score (nSPS) is 25.0. The van der Waals surface area contributed by atoms with Crippen LogP contribution < -0.4 is 5.32 Å². The van der Waals surface area contributed by atoms with Crippen molar-refractivity contribution in [1.29, 1.82) is 0 Å². The lowest BCUT2D eigenvalue weighted by Crippen LogP contribution is -2.53. The Balaban J connectivity index is -0.000000328. The maximum Gasteiger partial charge on any atom is 0.0337 e. The molecule has 24 heavy (non-hydrogen) atoms. The molecule has 0 unspecified atom stereocenters. The van der Waals surface area contributed by atoms with Crippen LogP contribution in [0.2, 0.25) is 0 Å². The summed E-state index contributed by atoms with van der Waals surface area (Å²) in [7, 11) is 2.20. The molecule has 2 aliphatic rings. The third-order valence-corrected chi connectivity index (χ3v) is 4.74. The SMILES string of the molecule is CC1(C)C=CCC(C)(C)N1.CN1C(C)(C)C=CCC1(C)C.O.[OH-].[OH3+]. The second-order valence-electron chi connectivity index (χ2n) is 8.97. The molecule has 146 valence electrons. The largest absolute Gasteiger partial charge is 0.870 e. The smallest absolute Gasteiger partial charge is 0.0337 e. The van der Waals surface area contributed by atoms with Gasteiger partial charge in [-0.2, -0.15) is 0 Å². The maximum atomic E-state index is 3.55. The number of nitrogens with zero attached hydrogens (tertiary/aromatic N) is 1. The molecule has 0 saturated heterocycles. The predicted molar refractivity (Wildman–Crippen MR) is 105 cm³/mol. The average molecular weight is 347 g/mol. The molecule has 0 aromatic rings. The van der Waals surface area contributed by atoms with Crippen molar-refractivity contribution in [2.24, 2.45) is 0 Å². The molecule has 0 atom stereocenters. The second-order valence-corrected chi connectivity index (χ2v) is 8.97. The third-order valence-electron chi connectivity index (χ3n) is 4.74. The summed E-state index contributed by atoms with van der Waals surface area (Å²) in [5, 5.41) is 3.55. The van der Waals surface area contributed by atoms with Gasteiger partial charge in [0.25, 0.3) is 0 Å². The van der Waals surface area contributed by atoms with Crippen LogP contribution in [0.15, 0.2) is 24.3 Å². The molecule has 0 radical (unpaired) electrons. The van der Waals surface area contributed by atoms with Gasteiger partial charge in [0.2, 0.25) is 0 Å². The molecule has 0 saturated carbocycles. The molecule has 0 aromatic carbocycles. The van der Waals surface area contributed by atoms with E-state index in [9.17, 15) is 0 Å². The van der Waals surface area contributed by atoms with Crippen LogP contribution in [0.5, 0.6) is 0 Å². The van der Waals surface area contributed by atoms with Crippen molar-refractivity contribution in [1.82, 2.24) is 10.2 Å². The first-order chi connectivity index (χ1) is 9.28. The Labute approximate surface area is 149 Å². The molecule has 5 nitrogen and oxygen atoms in total. The Morgan fingerprint density at radius 1 is 0.833 bits per heavy atom. The van der Waals surface area contributed by atoms with Crippen LogP contribution in [-0.2, 0) is 5.48 Å². The summed E-state index contributed by atoms with van der Waals surface area (Å²) in [6.07, 6.45) is 11.4. The summed E-state index contributed by atoms with van der Waals surface area (Å²) < 4.78 is 0. The minimum Gasteiger partial charge on any atom is -0.870 e. The summed E-state index contributed by atoms with van der Waals surface area (Å²) in [6, 6.07) is 0. The van der Waals surface area contributed by atoms with Crippen molar-refractivity contribution in [3.8, 4) is 0 Å². The number of likely N-dealkylation sites (N-methyl/N-ethyl adjacent to an activating group) is 1. The van der Waals surface area contributed by atoms with Crippen LogP contribution >= 0.6 is 0 Å². The van der Waals surface area contributed by atoms with Gasteiger partial charge in [-0.3, -0.25) is 4.90 Å². The number of rotatable bonds is 0. The third kappa shape index (κ3) is 7.90. The van der Waals surface area contributed by atoms with E-state index in [2.05, 4.69) is 97.0 Å². The molecular weight excluding hydrogens is 304 g/mol. The zero-order valence-electron chi connectivity index (χ0n) is 17.2. The molecule has 7 N–H and O–H groups in total. The second kappa shape index (κ2) is 9.11. The van der Waals surface area contributed by atoms with E-state index in [1.807, 2.05) is 0 Å². The maximum absolute atomic E-state index is 3.55. The quantitative estimate of drug-likeness (QED) is 0.537. The van der Waals surface area contributed by atoms with Gasteiger partial charge in [0.05, 0.1) is 0 Å². The summed E-state index contributed by atoms with van der Waals surface area (Å²) in [5.74, 6) is 0. The Kier molecular flexibility index (Phi) is 10.7. The minimum atomic E-state index is 0. The van der Waals surface area contributed by atoms with E-state index in [1.54, 1.807) is 0 Å². The summed E-state index contributed by atoms with van der Waals surface area (Å²) >= 11 is 0. The molecule has 0 aromatic heterocycles. The molecule has 5 heteroatoms. The van der Waals surface area contributed by atoms with Crippen molar-refractivity contribution in [2.75, 3.05) is 7.05 Å². The Morgan fingerprint density at radius 2 is 1.29 bits per heavy atom. The summed E-state index contributed by atoms with van der Waals surface area (Å²) in [6.45, 7) is 18.0. The Morgan fingerprint density at radius 3 is 1.58 bits per heavy atom. The van der Waals surface area contributed by atoms with Crippen LogP contribution in [0.25, 0.3) is 0 Å². The summed E-state index contributed by atoms with van der Waals surface area (Å²) in [4.78, 5) is 2.43. The molecule has 2 heterocycles. The van der Waals surface area contributed by atoms with Crippen molar-refractivity contribution < 1.29 is 16.4 Å². The van der Waals surface area contributed by atoms with Gasteiger partial charge in [0, 0.05) is 22.2 Å². The molecule has 0 fully saturated rings. The molecule has 0 amide bonds. The Hall–Kier alpha value is -0.720. The van der Waals surface area contributed by atoms with Gasteiger partial charge in [-0.05, 0) is 75.3 Å². The lowest BCUT2D eigenvalue weighted by atomic mass is 9.86. The highest BCUT2D eigenvalue weighted by atomic mass is 16.0. The van der Waals surface area contributed by atoms with Crippen LogP contribution in [0.1, 0.15) is 68.2 Å². The fourth-order valence-electron chi connectivity index (χ4n) is 3.28. The fourth-order valence-corrected chi connectivity index (χ4v) is 3.28. The average Bonchev–Trinajstić information content (AvgIpc) is 2.23. The van der Waals surface area contributed by atoms with Gasteiger partial charge in [0.1, 0.15) is 0 Å². The highest BCUT2D eigenvalue weighted by Crippen LogP contribution is 2.31. The molecule has 0 bridgehead atoms. The van der Waals surface area contributed by atoms with E-state index in [-0.39, 0.29) is 33.0 Å². The van der Waals surface area contributed by atoms with Crippen LogP contribution in [0.4, 0.5) is 0 Å². The topological polar surface area (TPSA) is 110 Å². The van der Waals surface area contributed by atoms with Crippen molar-refractivity contribution >= 4 is 0 Å². The fraction of sp³-hybridized carbons (Fsp3) is 0.789. The van der Waals surface area contributed by atoms with Crippen molar-refractivity contribution in [3.05, 3.63) is 24.3 Å². The minimum absolute atomic E-state index is 0. The van der Waals surface area contributed by atoms with Crippen molar-refractivity contribution in [2.45, 2.75) is 90.4 Å². The predicted octanol–water partition coefficient (Wildman–Crippen LogP) is 2.61. The zero-order chi connectivity index (χ0) is 16.5. The lowest BCUT2D eigenvalue weighted by Gasteiger charge is -2.47. The first-order valence-electron chi connectivity index (χ1n) is 8.16. The van der Waals surface area contributed by atoms with Crippen LogP contribution in [0, 0.1) is 0 Å². The van der Waals surface area contributed by atoms with Gasteiger partial charge in [0.15, 0.2) is 0 Å². The monoisotopic (exact) mass is 346 g/mol. The van der Waals surface area contributed by atoms with Crippen LogP contribution in [-0.4, -0.2) is 45.1 Å². The van der Waals surface area contributed by atoms with Crippen LogP contribution in [0.3, 0.4) is 0 Å². The van der Waals surface area contributed by atoms with E-state index in [1.165, 1.54) is 0 Å². The molecule has 0 spiro atoms. The highest BCUT2D eigenvalue weighted by Gasteiger charge is 2.34. The van der Waals surface area contributed by atoms with E-state index < -0.39 is 0 Å². The van der Waals surface area contributed by atoms with Gasteiger partial charge in [-0.15, -0.1) is 0 Å². The first-order valence-corrected chi connectivity index (χ1v) is 8.16. The van der Waals surface area contributed by atoms with Gasteiger partial charge >= 0.3 is 0 Å². The molecule has 0 aliphatic carbocycles. The highest BCUT2D eigenvalue weighted by molar-refractivity contribution is 5.12. The lowest BCUT2D eigenvalue weighted by molar-refractivity contribution is 0.0662. The van der Waals surface area contributed by atoms with E-state index >= 15 is 0 Å². The number of hydrogen-bond donors (Lipinski definition) is 1. The van der Waals surface area contributed by atoms with Gasteiger partial charge in [-0.25, -0.2) is 0 Å². The molecule has 2 aliphatic heterocycles. The summed E-state index contributed by atoms with van der Waals surface area (Å²) in [5.41, 5.74) is 1.00. The molecule has 2 rings (SSSR count). The number of hydrogen-bond acceptors (Lipinski definition) is 3. The number of nitrogens with one attached hydrogen (secondary N) is 1. The Bertz CT molecular complexity index is 424. The molecular formula is C19H42N2O3. The van der Waals surface area contributed by atoms with E-state index in [0.717, 1.165) is 12.8 Å².